The van der Waals surface area contributed by atoms with Crippen LogP contribution < -0.4 is 5.32 Å². The number of pyridine rings is 1. The van der Waals surface area contributed by atoms with Crippen LogP contribution in [-0.4, -0.2) is 20.1 Å². The fraction of sp³-hybridized carbons (Fsp3) is 0.385. The van der Waals surface area contributed by atoms with Gasteiger partial charge in [0.05, 0.1) is 23.9 Å². The average molecular weight is 230 g/mol. The summed E-state index contributed by atoms with van der Waals surface area (Å²) in [6.45, 7) is 7.21. The predicted molar refractivity (Wildman–Crippen MR) is 68.0 cm³/mol. The maximum absolute atomic E-state index is 4.37. The lowest BCUT2D eigenvalue weighted by Crippen LogP contribution is -2.35. The van der Waals surface area contributed by atoms with Crippen LogP contribution in [-0.2, 0) is 6.54 Å². The van der Waals surface area contributed by atoms with Crippen LogP contribution in [0.25, 0.3) is 5.69 Å². The van der Waals surface area contributed by atoms with E-state index in [0.29, 0.717) is 0 Å². The Morgan fingerprint density at radius 1 is 1.35 bits per heavy atom. The number of rotatable bonds is 3. The summed E-state index contributed by atoms with van der Waals surface area (Å²) in [7, 11) is 0. The fourth-order valence-corrected chi connectivity index (χ4v) is 1.46. The molecule has 0 fully saturated rings. The lowest BCUT2D eigenvalue weighted by molar-refractivity contribution is 0.421. The molecule has 2 heterocycles. The molecule has 2 rings (SSSR count). The minimum Gasteiger partial charge on any atom is -0.306 e. The van der Waals surface area contributed by atoms with Gasteiger partial charge in [0.1, 0.15) is 0 Å². The first-order valence-corrected chi connectivity index (χ1v) is 5.73. The topological polar surface area (TPSA) is 42.7 Å². The maximum Gasteiger partial charge on any atom is 0.0996 e. The number of nitrogens with one attached hydrogen (secondary N) is 1. The number of nitrogens with zero attached hydrogens (tertiary/aromatic N) is 3. The molecule has 2 aromatic heterocycles. The molecule has 4 nitrogen and oxygen atoms in total. The van der Waals surface area contributed by atoms with Gasteiger partial charge in [0.25, 0.3) is 0 Å². The second-order valence-electron chi connectivity index (χ2n) is 5.09. The highest BCUT2D eigenvalue weighted by Gasteiger charge is 2.09. The number of imidazole rings is 1. The molecule has 17 heavy (non-hydrogen) atoms. The number of hydrogen-bond acceptors (Lipinski definition) is 3. The molecule has 2 aromatic rings. The summed E-state index contributed by atoms with van der Waals surface area (Å²) < 4.78 is 1.98. The molecule has 0 spiro atoms. The zero-order chi connectivity index (χ0) is 12.3. The molecule has 0 unspecified atom stereocenters. The molecular formula is C13H18N4. The van der Waals surface area contributed by atoms with Crippen LogP contribution >= 0.6 is 0 Å². The molecule has 0 atom stereocenters. The Bertz CT molecular complexity index is 468. The first-order chi connectivity index (χ1) is 8.04. The van der Waals surface area contributed by atoms with E-state index in [-0.39, 0.29) is 5.54 Å². The van der Waals surface area contributed by atoms with Crippen molar-refractivity contribution in [1.29, 1.82) is 0 Å². The summed E-state index contributed by atoms with van der Waals surface area (Å²) >= 11 is 0. The molecule has 0 amide bonds. The van der Waals surface area contributed by atoms with E-state index in [1.165, 1.54) is 0 Å². The SMILES string of the molecule is CC(C)(C)NCc1cn(-c2cccnc2)cn1. The van der Waals surface area contributed by atoms with Gasteiger partial charge in [0, 0.05) is 24.5 Å². The van der Waals surface area contributed by atoms with Gasteiger partial charge in [0.2, 0.25) is 0 Å². The molecule has 0 aliphatic heterocycles. The highest BCUT2D eigenvalue weighted by Crippen LogP contribution is 2.07. The third-order valence-corrected chi connectivity index (χ3v) is 2.38. The van der Waals surface area contributed by atoms with Gasteiger partial charge in [-0.2, -0.15) is 0 Å². The van der Waals surface area contributed by atoms with Gasteiger partial charge in [0.15, 0.2) is 0 Å². The summed E-state index contributed by atoms with van der Waals surface area (Å²) in [4.78, 5) is 8.46. The lowest BCUT2D eigenvalue weighted by Gasteiger charge is -2.19. The summed E-state index contributed by atoms with van der Waals surface area (Å²) in [6.07, 6.45) is 7.43. The first-order valence-electron chi connectivity index (χ1n) is 5.73. The molecule has 0 saturated carbocycles. The van der Waals surface area contributed by atoms with Crippen molar-refractivity contribution in [3.05, 3.63) is 42.7 Å². The molecule has 0 aromatic carbocycles. The standard InChI is InChI=1S/C13H18N4/c1-13(2,3)16-7-11-9-17(10-15-11)12-5-4-6-14-8-12/h4-6,8-10,16H,7H2,1-3H3. The van der Waals surface area contributed by atoms with Gasteiger partial charge < -0.3 is 9.88 Å². The van der Waals surface area contributed by atoms with Crippen molar-refractivity contribution in [3.8, 4) is 5.69 Å². The third-order valence-electron chi connectivity index (χ3n) is 2.38. The largest absolute Gasteiger partial charge is 0.306 e. The minimum atomic E-state index is 0.109. The summed E-state index contributed by atoms with van der Waals surface area (Å²) in [5.41, 5.74) is 2.17. The highest BCUT2D eigenvalue weighted by atomic mass is 15.1. The van der Waals surface area contributed by atoms with Crippen molar-refractivity contribution in [2.45, 2.75) is 32.9 Å². The Labute approximate surface area is 102 Å². The Morgan fingerprint density at radius 3 is 2.82 bits per heavy atom. The molecular weight excluding hydrogens is 212 g/mol. The van der Waals surface area contributed by atoms with Crippen LogP contribution in [0.5, 0.6) is 0 Å². The quantitative estimate of drug-likeness (QED) is 0.878. The van der Waals surface area contributed by atoms with Crippen molar-refractivity contribution in [2.75, 3.05) is 0 Å². The van der Waals surface area contributed by atoms with Gasteiger partial charge in [-0.1, -0.05) is 0 Å². The van der Waals surface area contributed by atoms with E-state index in [4.69, 9.17) is 0 Å². The van der Waals surface area contributed by atoms with Crippen LogP contribution in [0.1, 0.15) is 26.5 Å². The van der Waals surface area contributed by atoms with Crippen LogP contribution in [0.2, 0.25) is 0 Å². The van der Waals surface area contributed by atoms with Gasteiger partial charge in [-0.15, -0.1) is 0 Å². The van der Waals surface area contributed by atoms with E-state index in [0.717, 1.165) is 17.9 Å². The second kappa shape index (κ2) is 4.67. The normalized spacial score (nSPS) is 11.7. The Balaban J connectivity index is 2.07. The van der Waals surface area contributed by atoms with E-state index in [1.54, 1.807) is 6.20 Å². The van der Waals surface area contributed by atoms with Crippen molar-refractivity contribution >= 4 is 0 Å². The van der Waals surface area contributed by atoms with E-state index in [1.807, 2.05) is 35.4 Å². The zero-order valence-electron chi connectivity index (χ0n) is 10.5. The maximum atomic E-state index is 4.37. The fourth-order valence-electron chi connectivity index (χ4n) is 1.46. The predicted octanol–water partition coefficient (Wildman–Crippen LogP) is 2.16. The van der Waals surface area contributed by atoms with E-state index >= 15 is 0 Å². The summed E-state index contributed by atoms with van der Waals surface area (Å²) in [5.74, 6) is 0. The Morgan fingerprint density at radius 2 is 2.18 bits per heavy atom. The number of hydrogen-bond donors (Lipinski definition) is 1. The van der Waals surface area contributed by atoms with E-state index in [2.05, 4.69) is 36.1 Å². The number of aromatic nitrogens is 3. The van der Waals surface area contributed by atoms with Crippen LogP contribution in [0.15, 0.2) is 37.1 Å². The average Bonchev–Trinajstić information content (AvgIpc) is 2.75. The van der Waals surface area contributed by atoms with E-state index < -0.39 is 0 Å². The van der Waals surface area contributed by atoms with E-state index in [9.17, 15) is 0 Å². The molecule has 0 aliphatic rings. The smallest absolute Gasteiger partial charge is 0.0996 e. The Hall–Kier alpha value is -1.68. The monoisotopic (exact) mass is 230 g/mol. The molecule has 4 heteroatoms. The van der Waals surface area contributed by atoms with Crippen molar-refractivity contribution in [2.24, 2.45) is 0 Å². The highest BCUT2D eigenvalue weighted by molar-refractivity contribution is 5.28. The molecule has 0 radical (unpaired) electrons. The summed E-state index contributed by atoms with van der Waals surface area (Å²) in [6, 6.07) is 3.93. The van der Waals surface area contributed by atoms with Gasteiger partial charge >= 0.3 is 0 Å². The van der Waals surface area contributed by atoms with Crippen LogP contribution in [0.4, 0.5) is 0 Å². The lowest BCUT2D eigenvalue weighted by atomic mass is 10.1. The van der Waals surface area contributed by atoms with Crippen molar-refractivity contribution in [1.82, 2.24) is 19.9 Å². The molecule has 0 bridgehead atoms. The van der Waals surface area contributed by atoms with Gasteiger partial charge in [-0.3, -0.25) is 4.98 Å². The van der Waals surface area contributed by atoms with Crippen molar-refractivity contribution in [3.63, 3.8) is 0 Å². The third kappa shape index (κ3) is 3.39. The molecule has 0 saturated heterocycles. The zero-order valence-corrected chi connectivity index (χ0v) is 10.5. The molecule has 90 valence electrons. The van der Waals surface area contributed by atoms with Crippen LogP contribution in [0, 0.1) is 0 Å². The van der Waals surface area contributed by atoms with Gasteiger partial charge in [-0.25, -0.2) is 4.98 Å². The van der Waals surface area contributed by atoms with Crippen molar-refractivity contribution < 1.29 is 0 Å². The molecule has 0 aliphatic carbocycles. The molecule has 1 N–H and O–H groups in total. The first kappa shape index (κ1) is 11.8. The van der Waals surface area contributed by atoms with Gasteiger partial charge in [-0.05, 0) is 32.9 Å². The minimum absolute atomic E-state index is 0.109. The Kier molecular flexibility index (Phi) is 3.24. The second-order valence-corrected chi connectivity index (χ2v) is 5.09. The van der Waals surface area contributed by atoms with Crippen LogP contribution in [0.3, 0.4) is 0 Å². The summed E-state index contributed by atoms with van der Waals surface area (Å²) in [5, 5.41) is 3.41.